The fourth-order valence-corrected chi connectivity index (χ4v) is 1.34. The van der Waals surface area contributed by atoms with Crippen molar-refractivity contribution in [3.63, 3.8) is 0 Å². The van der Waals surface area contributed by atoms with Gasteiger partial charge in [-0.3, -0.25) is 0 Å². The molecule has 0 atom stereocenters. The third-order valence-corrected chi connectivity index (χ3v) is 2.54. The van der Waals surface area contributed by atoms with Crippen LogP contribution in [-0.2, 0) is 10.0 Å². The second-order valence-electron chi connectivity index (χ2n) is 2.83. The van der Waals surface area contributed by atoms with Crippen LogP contribution in [0.5, 0.6) is 5.88 Å². The largest absolute Gasteiger partial charge is 0.476 e. The maximum absolute atomic E-state index is 10.9. The number of likely N-dealkylation sites (N-methyl/N-ethyl adjacent to an activating group) is 1. The van der Waals surface area contributed by atoms with E-state index in [-0.39, 0.29) is 4.90 Å². The maximum atomic E-state index is 10.9. The van der Waals surface area contributed by atoms with Gasteiger partial charge in [0.25, 0.3) is 0 Å². The summed E-state index contributed by atoms with van der Waals surface area (Å²) in [6.45, 7) is 1.16. The van der Waals surface area contributed by atoms with Crippen molar-refractivity contribution in [3.8, 4) is 5.88 Å². The van der Waals surface area contributed by atoms with Crippen LogP contribution in [0.4, 0.5) is 0 Å². The van der Waals surface area contributed by atoms with E-state index in [1.807, 2.05) is 0 Å². The lowest BCUT2D eigenvalue weighted by atomic mass is 10.5. The van der Waals surface area contributed by atoms with Crippen LogP contribution >= 0.6 is 0 Å². The monoisotopic (exact) mass is 231 g/mol. The van der Waals surface area contributed by atoms with Gasteiger partial charge in [-0.1, -0.05) is 0 Å². The van der Waals surface area contributed by atoms with E-state index in [9.17, 15) is 8.42 Å². The van der Waals surface area contributed by atoms with Crippen molar-refractivity contribution in [1.29, 1.82) is 0 Å². The Morgan fingerprint density at radius 3 is 2.73 bits per heavy atom. The molecule has 0 fully saturated rings. The molecule has 0 saturated heterocycles. The SMILES string of the molecule is CNCCOc1ccc(S(N)(=O)=O)cn1. The van der Waals surface area contributed by atoms with E-state index in [0.717, 1.165) is 0 Å². The van der Waals surface area contributed by atoms with Crippen molar-refractivity contribution >= 4 is 10.0 Å². The zero-order chi connectivity index (χ0) is 11.3. The van der Waals surface area contributed by atoms with Gasteiger partial charge in [0.05, 0.1) is 6.20 Å². The Hall–Kier alpha value is -1.18. The van der Waals surface area contributed by atoms with E-state index in [0.29, 0.717) is 19.0 Å². The molecule has 0 aliphatic heterocycles. The first-order valence-corrected chi connectivity index (χ1v) is 5.85. The predicted molar refractivity (Wildman–Crippen MR) is 55.0 cm³/mol. The van der Waals surface area contributed by atoms with E-state index in [2.05, 4.69) is 10.3 Å². The first kappa shape index (κ1) is 11.9. The van der Waals surface area contributed by atoms with E-state index < -0.39 is 10.0 Å². The third-order valence-electron chi connectivity index (χ3n) is 1.64. The van der Waals surface area contributed by atoms with Crippen molar-refractivity contribution in [2.24, 2.45) is 5.14 Å². The number of hydrogen-bond acceptors (Lipinski definition) is 5. The molecule has 0 aromatic carbocycles. The second kappa shape index (κ2) is 5.06. The van der Waals surface area contributed by atoms with Gasteiger partial charge in [0.2, 0.25) is 15.9 Å². The summed E-state index contributed by atoms with van der Waals surface area (Å²) in [5, 5.41) is 7.81. The normalized spacial score (nSPS) is 11.3. The number of aromatic nitrogens is 1. The number of nitrogens with zero attached hydrogens (tertiary/aromatic N) is 1. The van der Waals surface area contributed by atoms with Crippen molar-refractivity contribution < 1.29 is 13.2 Å². The summed E-state index contributed by atoms with van der Waals surface area (Å²) < 4.78 is 27.0. The minimum Gasteiger partial charge on any atom is -0.476 e. The molecule has 0 amide bonds. The summed E-state index contributed by atoms with van der Waals surface area (Å²) in [4.78, 5) is 3.78. The maximum Gasteiger partial charge on any atom is 0.239 e. The predicted octanol–water partition coefficient (Wildman–Crippen LogP) is -0.673. The van der Waals surface area contributed by atoms with Gasteiger partial charge >= 0.3 is 0 Å². The average Bonchev–Trinajstić information content (AvgIpc) is 2.18. The molecule has 0 radical (unpaired) electrons. The highest BCUT2D eigenvalue weighted by Gasteiger charge is 2.07. The Morgan fingerprint density at radius 2 is 2.27 bits per heavy atom. The van der Waals surface area contributed by atoms with Crippen LogP contribution in [0.2, 0.25) is 0 Å². The summed E-state index contributed by atoms with van der Waals surface area (Å²) in [7, 11) is -1.87. The summed E-state index contributed by atoms with van der Waals surface area (Å²) in [6, 6.07) is 2.83. The van der Waals surface area contributed by atoms with Crippen LogP contribution in [0.1, 0.15) is 0 Å². The number of rotatable bonds is 5. The minimum atomic E-state index is -3.68. The lowest BCUT2D eigenvalue weighted by Crippen LogP contribution is -2.16. The molecule has 1 aromatic rings. The topological polar surface area (TPSA) is 94.3 Å². The molecule has 0 spiro atoms. The van der Waals surface area contributed by atoms with E-state index in [4.69, 9.17) is 9.88 Å². The fourth-order valence-electron chi connectivity index (χ4n) is 0.878. The molecule has 3 N–H and O–H groups in total. The summed E-state index contributed by atoms with van der Waals surface area (Å²) in [6.07, 6.45) is 1.17. The standard InChI is InChI=1S/C8H13N3O3S/c1-10-4-5-14-8-3-2-7(6-11-8)15(9,12)13/h2-3,6,10H,4-5H2,1H3,(H2,9,12,13). The van der Waals surface area contributed by atoms with Crippen LogP contribution in [0.15, 0.2) is 23.2 Å². The highest BCUT2D eigenvalue weighted by Crippen LogP contribution is 2.10. The molecule has 0 saturated carbocycles. The quantitative estimate of drug-likeness (QED) is 0.655. The Balaban J connectivity index is 2.65. The van der Waals surface area contributed by atoms with Gasteiger partial charge in [-0.2, -0.15) is 0 Å². The summed E-state index contributed by atoms with van der Waals surface area (Å²) in [5.41, 5.74) is 0. The third kappa shape index (κ3) is 3.82. The molecule has 0 aliphatic carbocycles. The molecule has 0 aliphatic rings. The fraction of sp³-hybridized carbons (Fsp3) is 0.375. The van der Waals surface area contributed by atoms with Crippen molar-refractivity contribution in [2.75, 3.05) is 20.2 Å². The van der Waals surface area contributed by atoms with Crippen LogP contribution in [0.25, 0.3) is 0 Å². The van der Waals surface area contributed by atoms with Crippen molar-refractivity contribution in [3.05, 3.63) is 18.3 Å². The molecule has 6 nitrogen and oxygen atoms in total. The van der Waals surface area contributed by atoms with Gasteiger partial charge in [-0.05, 0) is 13.1 Å². The Bertz CT molecular complexity index is 402. The summed E-state index contributed by atoms with van der Waals surface area (Å²) in [5.74, 6) is 0.373. The first-order chi connectivity index (χ1) is 7.04. The number of pyridine rings is 1. The lowest BCUT2D eigenvalue weighted by molar-refractivity contribution is 0.306. The molecule has 1 aromatic heterocycles. The second-order valence-corrected chi connectivity index (χ2v) is 4.39. The van der Waals surface area contributed by atoms with Crippen LogP contribution in [-0.4, -0.2) is 33.6 Å². The number of nitrogens with two attached hydrogens (primary N) is 1. The zero-order valence-corrected chi connectivity index (χ0v) is 9.12. The number of hydrogen-bond donors (Lipinski definition) is 2. The number of sulfonamides is 1. The molecule has 15 heavy (non-hydrogen) atoms. The number of nitrogens with one attached hydrogen (secondary N) is 1. The van der Waals surface area contributed by atoms with Crippen molar-refractivity contribution in [2.45, 2.75) is 4.90 Å². The highest BCUT2D eigenvalue weighted by molar-refractivity contribution is 7.89. The molecule has 0 bridgehead atoms. The highest BCUT2D eigenvalue weighted by atomic mass is 32.2. The van der Waals surface area contributed by atoms with Crippen molar-refractivity contribution in [1.82, 2.24) is 10.3 Å². The van der Waals surface area contributed by atoms with E-state index in [1.165, 1.54) is 18.3 Å². The molecular weight excluding hydrogens is 218 g/mol. The van der Waals surface area contributed by atoms with Gasteiger partial charge in [0, 0.05) is 12.6 Å². The van der Waals surface area contributed by atoms with Gasteiger partial charge in [-0.15, -0.1) is 0 Å². The molecule has 7 heteroatoms. The lowest BCUT2D eigenvalue weighted by Gasteiger charge is -2.04. The average molecular weight is 231 g/mol. The van der Waals surface area contributed by atoms with Crippen LogP contribution < -0.4 is 15.2 Å². The van der Waals surface area contributed by atoms with Gasteiger partial charge in [0.15, 0.2) is 0 Å². The molecule has 1 heterocycles. The Morgan fingerprint density at radius 1 is 1.53 bits per heavy atom. The summed E-state index contributed by atoms with van der Waals surface area (Å²) >= 11 is 0. The van der Waals surface area contributed by atoms with Gasteiger partial charge < -0.3 is 10.1 Å². The van der Waals surface area contributed by atoms with Crippen LogP contribution in [0.3, 0.4) is 0 Å². The van der Waals surface area contributed by atoms with E-state index in [1.54, 1.807) is 7.05 Å². The molecule has 84 valence electrons. The Kier molecular flexibility index (Phi) is 4.01. The Labute approximate surface area is 88.5 Å². The smallest absolute Gasteiger partial charge is 0.239 e. The first-order valence-electron chi connectivity index (χ1n) is 4.30. The zero-order valence-electron chi connectivity index (χ0n) is 8.30. The van der Waals surface area contributed by atoms with E-state index >= 15 is 0 Å². The molecule has 0 unspecified atom stereocenters. The van der Waals surface area contributed by atoms with Gasteiger partial charge in [0.1, 0.15) is 11.5 Å². The molecule has 1 rings (SSSR count). The minimum absolute atomic E-state index is 0.0246. The number of ether oxygens (including phenoxy) is 1. The number of primary sulfonamides is 1. The van der Waals surface area contributed by atoms with Crippen LogP contribution in [0, 0.1) is 0 Å². The van der Waals surface area contributed by atoms with Gasteiger partial charge in [-0.25, -0.2) is 18.5 Å². The molecular formula is C8H13N3O3S.